The van der Waals surface area contributed by atoms with Crippen LogP contribution in [-0.2, 0) is 11.2 Å². The molecule has 1 aliphatic heterocycles. The number of thiophene rings is 1. The second kappa shape index (κ2) is 5.77. The number of aromatic nitrogens is 1. The first-order valence-corrected chi connectivity index (χ1v) is 7.78. The molecule has 0 spiro atoms. The summed E-state index contributed by atoms with van der Waals surface area (Å²) in [6.45, 7) is 3.02. The highest BCUT2D eigenvalue weighted by atomic mass is 32.1. The summed E-state index contributed by atoms with van der Waals surface area (Å²) in [6, 6.07) is 7.70. The van der Waals surface area contributed by atoms with E-state index in [4.69, 9.17) is 0 Å². The van der Waals surface area contributed by atoms with Crippen molar-refractivity contribution in [1.82, 2.24) is 9.88 Å². The second-order valence-corrected chi connectivity index (χ2v) is 6.21. The van der Waals surface area contributed by atoms with Crippen molar-refractivity contribution in [2.24, 2.45) is 0 Å². The lowest BCUT2D eigenvalue weighted by Crippen LogP contribution is -2.49. The fraction of sp³-hybridized carbons (Fsp3) is 0.312. The van der Waals surface area contributed by atoms with Gasteiger partial charge in [-0.2, -0.15) is 0 Å². The van der Waals surface area contributed by atoms with Crippen molar-refractivity contribution >= 4 is 23.0 Å². The molecule has 0 radical (unpaired) electrons. The van der Waals surface area contributed by atoms with Crippen LogP contribution in [0.5, 0.6) is 0 Å². The number of hydrogen-bond donors (Lipinski definition) is 0. The molecule has 0 aromatic carbocycles. The normalized spacial score (nSPS) is 14.8. The Kier molecular flexibility index (Phi) is 3.84. The third-order valence-electron chi connectivity index (χ3n) is 3.70. The Hall–Kier alpha value is -2.01. The number of ketones is 1. The fourth-order valence-corrected chi connectivity index (χ4v) is 3.24. The number of hydrogen-bond acceptors (Lipinski definition) is 4. The zero-order valence-corrected chi connectivity index (χ0v) is 12.6. The lowest BCUT2D eigenvalue weighted by molar-refractivity contribution is -0.134. The lowest BCUT2D eigenvalue weighted by Gasteiger charge is -2.39. The maximum Gasteiger partial charge on any atom is 0.227 e. The highest BCUT2D eigenvalue weighted by Crippen LogP contribution is 2.26. The van der Waals surface area contributed by atoms with E-state index in [1.165, 1.54) is 11.3 Å². The first kappa shape index (κ1) is 13.9. The SMILES string of the molecule is CC(=O)c1cc(CC(=O)N2CC(c3ccccn3)C2)cs1. The van der Waals surface area contributed by atoms with Crippen LogP contribution in [0.3, 0.4) is 0 Å². The Morgan fingerprint density at radius 3 is 2.81 bits per heavy atom. The summed E-state index contributed by atoms with van der Waals surface area (Å²) < 4.78 is 0. The number of carbonyl (C=O) groups is 2. The molecule has 0 atom stereocenters. The van der Waals surface area contributed by atoms with Gasteiger partial charge in [0, 0.05) is 30.9 Å². The predicted octanol–water partition coefficient (Wildman–Crippen LogP) is 2.51. The van der Waals surface area contributed by atoms with Gasteiger partial charge in [0.25, 0.3) is 0 Å². The maximum absolute atomic E-state index is 12.2. The molecular formula is C16H16N2O2S. The molecule has 0 bridgehead atoms. The summed E-state index contributed by atoms with van der Waals surface area (Å²) in [7, 11) is 0. The molecule has 3 rings (SSSR count). The van der Waals surface area contributed by atoms with Crippen LogP contribution in [0.1, 0.15) is 33.8 Å². The van der Waals surface area contributed by atoms with E-state index in [1.807, 2.05) is 34.5 Å². The number of Topliss-reactive ketones (excluding diaryl/α,β-unsaturated/α-hetero) is 1. The van der Waals surface area contributed by atoms with Crippen molar-refractivity contribution in [2.75, 3.05) is 13.1 Å². The van der Waals surface area contributed by atoms with Crippen LogP contribution >= 0.6 is 11.3 Å². The summed E-state index contributed by atoms with van der Waals surface area (Å²) in [6.07, 6.45) is 2.16. The first-order valence-electron chi connectivity index (χ1n) is 6.90. The molecule has 0 unspecified atom stereocenters. The number of carbonyl (C=O) groups excluding carboxylic acids is 2. The van der Waals surface area contributed by atoms with Crippen LogP contribution in [0.25, 0.3) is 0 Å². The molecule has 4 nitrogen and oxygen atoms in total. The number of likely N-dealkylation sites (tertiary alicyclic amines) is 1. The van der Waals surface area contributed by atoms with Crippen molar-refractivity contribution in [3.05, 3.63) is 52.0 Å². The minimum atomic E-state index is 0.0536. The zero-order chi connectivity index (χ0) is 14.8. The van der Waals surface area contributed by atoms with Crippen molar-refractivity contribution in [3.8, 4) is 0 Å². The van der Waals surface area contributed by atoms with Crippen LogP contribution in [0.15, 0.2) is 35.8 Å². The molecule has 21 heavy (non-hydrogen) atoms. The van der Waals surface area contributed by atoms with E-state index in [2.05, 4.69) is 4.98 Å². The molecule has 5 heteroatoms. The highest BCUT2D eigenvalue weighted by Gasteiger charge is 2.32. The average molecular weight is 300 g/mol. The molecule has 0 N–H and O–H groups in total. The minimum absolute atomic E-state index is 0.0536. The Labute approximate surface area is 127 Å². The highest BCUT2D eigenvalue weighted by molar-refractivity contribution is 7.12. The summed E-state index contributed by atoms with van der Waals surface area (Å²) in [5.74, 6) is 0.526. The molecule has 1 amide bonds. The number of pyridine rings is 1. The molecule has 3 heterocycles. The molecular weight excluding hydrogens is 284 g/mol. The zero-order valence-electron chi connectivity index (χ0n) is 11.8. The molecule has 1 saturated heterocycles. The van der Waals surface area contributed by atoms with Crippen LogP contribution in [0.4, 0.5) is 0 Å². The molecule has 1 aliphatic rings. The first-order chi connectivity index (χ1) is 10.1. The minimum Gasteiger partial charge on any atom is -0.341 e. The standard InChI is InChI=1S/C16H16N2O2S/c1-11(19)15-6-12(10-21-15)7-16(20)18-8-13(9-18)14-4-2-3-5-17-14/h2-6,10,13H,7-9H2,1H3. The van der Waals surface area contributed by atoms with E-state index in [1.54, 1.807) is 13.1 Å². The summed E-state index contributed by atoms with van der Waals surface area (Å²) in [5.41, 5.74) is 1.98. The predicted molar refractivity (Wildman–Crippen MR) is 81.6 cm³/mol. The molecule has 108 valence electrons. The van der Waals surface area contributed by atoms with E-state index >= 15 is 0 Å². The Balaban J connectivity index is 1.55. The summed E-state index contributed by atoms with van der Waals surface area (Å²) >= 11 is 1.40. The third kappa shape index (κ3) is 3.03. The van der Waals surface area contributed by atoms with Gasteiger partial charge in [-0.05, 0) is 36.1 Å². The Morgan fingerprint density at radius 1 is 1.38 bits per heavy atom. The van der Waals surface area contributed by atoms with E-state index in [0.29, 0.717) is 17.2 Å². The topological polar surface area (TPSA) is 50.3 Å². The van der Waals surface area contributed by atoms with Gasteiger partial charge in [-0.25, -0.2) is 0 Å². The van der Waals surface area contributed by atoms with Crippen molar-refractivity contribution in [3.63, 3.8) is 0 Å². The molecule has 0 aliphatic carbocycles. The van der Waals surface area contributed by atoms with Crippen LogP contribution in [0, 0.1) is 0 Å². The largest absolute Gasteiger partial charge is 0.341 e. The third-order valence-corrected chi connectivity index (χ3v) is 4.78. The smallest absolute Gasteiger partial charge is 0.227 e. The Bertz CT molecular complexity index is 660. The Morgan fingerprint density at radius 2 is 2.19 bits per heavy atom. The quantitative estimate of drug-likeness (QED) is 0.815. The van der Waals surface area contributed by atoms with Gasteiger partial charge in [0.1, 0.15) is 0 Å². The van der Waals surface area contributed by atoms with E-state index in [0.717, 1.165) is 24.3 Å². The summed E-state index contributed by atoms with van der Waals surface area (Å²) in [5, 5.41) is 1.89. The summed E-state index contributed by atoms with van der Waals surface area (Å²) in [4.78, 5) is 30.3. The molecule has 1 fully saturated rings. The molecule has 2 aromatic heterocycles. The number of amides is 1. The van der Waals surface area contributed by atoms with Crippen molar-refractivity contribution in [1.29, 1.82) is 0 Å². The van der Waals surface area contributed by atoms with Gasteiger partial charge < -0.3 is 4.90 Å². The van der Waals surface area contributed by atoms with Gasteiger partial charge in [-0.1, -0.05) is 6.07 Å². The van der Waals surface area contributed by atoms with Gasteiger partial charge in [0.2, 0.25) is 5.91 Å². The monoisotopic (exact) mass is 300 g/mol. The van der Waals surface area contributed by atoms with Crippen molar-refractivity contribution < 1.29 is 9.59 Å². The number of nitrogens with zero attached hydrogens (tertiary/aromatic N) is 2. The van der Waals surface area contributed by atoms with Crippen LogP contribution in [0.2, 0.25) is 0 Å². The average Bonchev–Trinajstić information content (AvgIpc) is 2.87. The van der Waals surface area contributed by atoms with E-state index < -0.39 is 0 Å². The van der Waals surface area contributed by atoms with Gasteiger partial charge in [0.15, 0.2) is 5.78 Å². The van der Waals surface area contributed by atoms with E-state index in [9.17, 15) is 9.59 Å². The lowest BCUT2D eigenvalue weighted by atomic mass is 9.95. The van der Waals surface area contributed by atoms with Crippen molar-refractivity contribution in [2.45, 2.75) is 19.3 Å². The second-order valence-electron chi connectivity index (χ2n) is 5.30. The van der Waals surface area contributed by atoms with Gasteiger partial charge >= 0.3 is 0 Å². The van der Waals surface area contributed by atoms with Crippen LogP contribution in [-0.4, -0.2) is 34.7 Å². The number of rotatable bonds is 4. The fourth-order valence-electron chi connectivity index (χ4n) is 2.43. The van der Waals surface area contributed by atoms with Gasteiger partial charge in [-0.3, -0.25) is 14.6 Å². The van der Waals surface area contributed by atoms with E-state index in [-0.39, 0.29) is 11.7 Å². The maximum atomic E-state index is 12.2. The molecule has 0 saturated carbocycles. The van der Waals surface area contributed by atoms with Crippen LogP contribution < -0.4 is 0 Å². The van der Waals surface area contributed by atoms with Gasteiger partial charge in [-0.15, -0.1) is 11.3 Å². The molecule has 2 aromatic rings. The van der Waals surface area contributed by atoms with Gasteiger partial charge in [0.05, 0.1) is 11.3 Å².